The average molecular weight is 265 g/mol. The number of rotatable bonds is 5. The Bertz CT molecular complexity index is 347. The zero-order chi connectivity index (χ0) is 12.8. The Morgan fingerprint density at radius 3 is 2.44 bits per heavy atom. The second kappa shape index (κ2) is 7.14. The normalized spacial score (nSPS) is 18.8. The molecule has 2 rings (SSSR count). The van der Waals surface area contributed by atoms with Gasteiger partial charge in [-0.05, 0) is 36.8 Å². The van der Waals surface area contributed by atoms with E-state index in [1.165, 1.54) is 29.7 Å². The van der Waals surface area contributed by atoms with E-state index in [0.29, 0.717) is 6.54 Å². The van der Waals surface area contributed by atoms with Crippen molar-refractivity contribution in [3.05, 3.63) is 29.8 Å². The second-order valence-electron chi connectivity index (χ2n) is 4.74. The SMILES string of the molecule is CSc1ccc(C(CN)NN2CCCCC2)cc1. The summed E-state index contributed by atoms with van der Waals surface area (Å²) < 4.78 is 0. The third-order valence-corrected chi connectivity index (χ3v) is 4.19. The van der Waals surface area contributed by atoms with Crippen molar-refractivity contribution in [1.82, 2.24) is 10.4 Å². The van der Waals surface area contributed by atoms with E-state index < -0.39 is 0 Å². The lowest BCUT2D eigenvalue weighted by molar-refractivity contribution is 0.130. The molecule has 100 valence electrons. The van der Waals surface area contributed by atoms with E-state index >= 15 is 0 Å². The molecule has 0 radical (unpaired) electrons. The van der Waals surface area contributed by atoms with Crippen molar-refractivity contribution in [3.8, 4) is 0 Å². The Morgan fingerprint density at radius 2 is 1.89 bits per heavy atom. The molecular weight excluding hydrogens is 242 g/mol. The third-order valence-electron chi connectivity index (χ3n) is 3.45. The molecule has 4 heteroatoms. The molecule has 1 aromatic carbocycles. The lowest BCUT2D eigenvalue weighted by atomic mass is 10.1. The maximum Gasteiger partial charge on any atom is 0.0587 e. The van der Waals surface area contributed by atoms with Crippen molar-refractivity contribution < 1.29 is 0 Å². The summed E-state index contributed by atoms with van der Waals surface area (Å²) in [7, 11) is 0. The molecule has 0 amide bonds. The smallest absolute Gasteiger partial charge is 0.0587 e. The molecule has 0 bridgehead atoms. The number of nitrogens with zero attached hydrogens (tertiary/aromatic N) is 1. The molecule has 3 N–H and O–H groups in total. The molecule has 0 spiro atoms. The molecule has 1 heterocycles. The van der Waals surface area contributed by atoms with Crippen molar-refractivity contribution in [2.24, 2.45) is 5.73 Å². The van der Waals surface area contributed by atoms with Crippen LogP contribution in [0.3, 0.4) is 0 Å². The highest BCUT2D eigenvalue weighted by atomic mass is 32.2. The maximum atomic E-state index is 5.90. The number of thioether (sulfide) groups is 1. The van der Waals surface area contributed by atoms with Crippen LogP contribution in [-0.2, 0) is 0 Å². The molecule has 1 aliphatic heterocycles. The highest BCUT2D eigenvalue weighted by molar-refractivity contribution is 7.98. The fourth-order valence-corrected chi connectivity index (χ4v) is 2.75. The summed E-state index contributed by atoms with van der Waals surface area (Å²) >= 11 is 1.77. The van der Waals surface area contributed by atoms with Crippen LogP contribution in [0, 0.1) is 0 Å². The third kappa shape index (κ3) is 3.72. The van der Waals surface area contributed by atoms with Gasteiger partial charge in [-0.1, -0.05) is 18.6 Å². The molecule has 0 saturated carbocycles. The number of benzene rings is 1. The highest BCUT2D eigenvalue weighted by Crippen LogP contribution is 2.19. The molecule has 18 heavy (non-hydrogen) atoms. The largest absolute Gasteiger partial charge is 0.329 e. The van der Waals surface area contributed by atoms with Gasteiger partial charge in [0.15, 0.2) is 0 Å². The zero-order valence-electron chi connectivity index (χ0n) is 11.1. The van der Waals surface area contributed by atoms with Crippen LogP contribution in [0.5, 0.6) is 0 Å². The maximum absolute atomic E-state index is 5.90. The minimum Gasteiger partial charge on any atom is -0.329 e. The number of nitrogens with one attached hydrogen (secondary N) is 1. The number of hydrogen-bond acceptors (Lipinski definition) is 4. The Morgan fingerprint density at radius 1 is 1.22 bits per heavy atom. The summed E-state index contributed by atoms with van der Waals surface area (Å²) in [5.41, 5.74) is 10.7. The van der Waals surface area contributed by atoms with E-state index in [1.54, 1.807) is 11.8 Å². The lowest BCUT2D eigenvalue weighted by Gasteiger charge is -2.31. The van der Waals surface area contributed by atoms with Crippen molar-refractivity contribution in [3.63, 3.8) is 0 Å². The van der Waals surface area contributed by atoms with Gasteiger partial charge in [0, 0.05) is 24.5 Å². The van der Waals surface area contributed by atoms with Crippen LogP contribution in [0.4, 0.5) is 0 Å². The van der Waals surface area contributed by atoms with Gasteiger partial charge in [0.25, 0.3) is 0 Å². The minimum absolute atomic E-state index is 0.235. The molecule has 1 atom stereocenters. The monoisotopic (exact) mass is 265 g/mol. The van der Waals surface area contributed by atoms with E-state index in [0.717, 1.165) is 13.1 Å². The van der Waals surface area contributed by atoms with E-state index in [1.807, 2.05) is 0 Å². The van der Waals surface area contributed by atoms with Crippen molar-refractivity contribution >= 4 is 11.8 Å². The Hall–Kier alpha value is -0.550. The average Bonchev–Trinajstić information content (AvgIpc) is 2.46. The van der Waals surface area contributed by atoms with Crippen molar-refractivity contribution in [2.75, 3.05) is 25.9 Å². The number of hydrogen-bond donors (Lipinski definition) is 2. The zero-order valence-corrected chi connectivity index (χ0v) is 11.9. The minimum atomic E-state index is 0.235. The molecule has 0 aliphatic carbocycles. The fraction of sp³-hybridized carbons (Fsp3) is 0.571. The topological polar surface area (TPSA) is 41.3 Å². The summed E-state index contributed by atoms with van der Waals surface area (Å²) in [6.45, 7) is 2.91. The molecule has 0 aromatic heterocycles. The first-order valence-electron chi connectivity index (χ1n) is 6.68. The molecule has 1 unspecified atom stereocenters. The van der Waals surface area contributed by atoms with Crippen LogP contribution >= 0.6 is 11.8 Å². The summed E-state index contributed by atoms with van der Waals surface area (Å²) in [6, 6.07) is 8.93. The second-order valence-corrected chi connectivity index (χ2v) is 5.62. The molecular formula is C14H23N3S. The van der Waals surface area contributed by atoms with Gasteiger partial charge < -0.3 is 5.73 Å². The molecule has 1 aliphatic rings. The summed E-state index contributed by atoms with van der Waals surface area (Å²) in [5, 5.41) is 2.32. The van der Waals surface area contributed by atoms with Gasteiger partial charge in [-0.3, -0.25) is 0 Å². The van der Waals surface area contributed by atoms with Crippen molar-refractivity contribution in [1.29, 1.82) is 0 Å². The number of hydrazine groups is 1. The first-order chi connectivity index (χ1) is 8.83. The van der Waals surface area contributed by atoms with E-state index in [2.05, 4.69) is 41.0 Å². The fourth-order valence-electron chi connectivity index (χ4n) is 2.34. The summed E-state index contributed by atoms with van der Waals surface area (Å²) in [6.07, 6.45) is 6.03. The molecule has 3 nitrogen and oxygen atoms in total. The van der Waals surface area contributed by atoms with Crippen LogP contribution < -0.4 is 11.2 Å². The number of nitrogens with two attached hydrogens (primary N) is 1. The van der Waals surface area contributed by atoms with Crippen LogP contribution in [0.2, 0.25) is 0 Å². The van der Waals surface area contributed by atoms with Gasteiger partial charge in [-0.2, -0.15) is 0 Å². The predicted molar refractivity (Wildman–Crippen MR) is 78.6 cm³/mol. The van der Waals surface area contributed by atoms with Crippen LogP contribution in [0.15, 0.2) is 29.2 Å². The van der Waals surface area contributed by atoms with Crippen LogP contribution in [0.1, 0.15) is 30.9 Å². The van der Waals surface area contributed by atoms with E-state index in [4.69, 9.17) is 5.73 Å². The standard InChI is InChI=1S/C14H23N3S/c1-18-13-7-5-12(6-8-13)14(11-15)16-17-9-3-2-4-10-17/h5-8,14,16H,2-4,9-11,15H2,1H3. The molecule has 1 aromatic rings. The van der Waals surface area contributed by atoms with Gasteiger partial charge in [0.1, 0.15) is 0 Å². The van der Waals surface area contributed by atoms with E-state index in [9.17, 15) is 0 Å². The quantitative estimate of drug-likeness (QED) is 0.802. The first kappa shape index (κ1) is 13.9. The van der Waals surface area contributed by atoms with Gasteiger partial charge >= 0.3 is 0 Å². The van der Waals surface area contributed by atoms with Gasteiger partial charge in [0.05, 0.1) is 6.04 Å². The summed E-state index contributed by atoms with van der Waals surface area (Å²) in [5.74, 6) is 0. The van der Waals surface area contributed by atoms with Gasteiger partial charge in [-0.15, -0.1) is 11.8 Å². The van der Waals surface area contributed by atoms with Gasteiger partial charge in [-0.25, -0.2) is 10.4 Å². The predicted octanol–water partition coefficient (Wildman–Crippen LogP) is 2.40. The lowest BCUT2D eigenvalue weighted by Crippen LogP contribution is -2.45. The Kier molecular flexibility index (Phi) is 5.50. The van der Waals surface area contributed by atoms with Crippen LogP contribution in [0.25, 0.3) is 0 Å². The van der Waals surface area contributed by atoms with Crippen molar-refractivity contribution in [2.45, 2.75) is 30.2 Å². The van der Waals surface area contributed by atoms with E-state index in [-0.39, 0.29) is 6.04 Å². The summed E-state index contributed by atoms with van der Waals surface area (Å²) in [4.78, 5) is 1.30. The Balaban J connectivity index is 1.97. The first-order valence-corrected chi connectivity index (χ1v) is 7.91. The molecule has 1 saturated heterocycles. The van der Waals surface area contributed by atoms with Gasteiger partial charge in [0.2, 0.25) is 0 Å². The number of piperidine rings is 1. The molecule has 1 fully saturated rings. The van der Waals surface area contributed by atoms with Crippen LogP contribution in [-0.4, -0.2) is 30.9 Å². The highest BCUT2D eigenvalue weighted by Gasteiger charge is 2.15. The Labute approximate surface area is 114 Å².